The zero-order valence-electron chi connectivity index (χ0n) is 14.9. The van der Waals surface area contributed by atoms with Crippen molar-refractivity contribution in [3.05, 3.63) is 70.6 Å². The van der Waals surface area contributed by atoms with Crippen molar-refractivity contribution >= 4 is 29.3 Å². The SMILES string of the molecule is O=C(CSCc1nc(-c2cccc(C(F)(F)F)c2)no1)NCc1cccc(Cl)c1. The molecule has 0 spiro atoms. The lowest BCUT2D eigenvalue weighted by molar-refractivity contribution is -0.137. The normalized spacial score (nSPS) is 11.4. The molecular weight excluding hydrogens is 427 g/mol. The number of benzene rings is 2. The second-order valence-electron chi connectivity index (χ2n) is 5.99. The predicted molar refractivity (Wildman–Crippen MR) is 104 cm³/mol. The van der Waals surface area contributed by atoms with Gasteiger partial charge >= 0.3 is 6.18 Å². The maximum absolute atomic E-state index is 12.8. The molecule has 1 aromatic heterocycles. The largest absolute Gasteiger partial charge is 0.416 e. The lowest BCUT2D eigenvalue weighted by atomic mass is 10.1. The number of halogens is 4. The molecule has 29 heavy (non-hydrogen) atoms. The molecule has 0 atom stereocenters. The average Bonchev–Trinajstić information content (AvgIpc) is 3.15. The first-order chi connectivity index (χ1) is 13.8. The number of amides is 1. The molecule has 3 aromatic rings. The minimum absolute atomic E-state index is 0.0668. The lowest BCUT2D eigenvalue weighted by Crippen LogP contribution is -2.24. The number of carbonyl (C=O) groups is 1. The molecule has 10 heteroatoms. The van der Waals surface area contributed by atoms with Gasteiger partial charge in [0.1, 0.15) is 0 Å². The van der Waals surface area contributed by atoms with E-state index in [9.17, 15) is 18.0 Å². The third-order valence-electron chi connectivity index (χ3n) is 3.75. The first kappa shape index (κ1) is 21.2. The second kappa shape index (κ2) is 9.32. The highest BCUT2D eigenvalue weighted by atomic mass is 35.5. The number of hydrogen-bond acceptors (Lipinski definition) is 5. The number of nitrogens with one attached hydrogen (secondary N) is 1. The van der Waals surface area contributed by atoms with E-state index in [2.05, 4.69) is 15.5 Å². The smallest absolute Gasteiger partial charge is 0.351 e. The monoisotopic (exact) mass is 441 g/mol. The molecular formula is C19H15ClF3N3O2S. The molecule has 0 saturated carbocycles. The van der Waals surface area contributed by atoms with Crippen LogP contribution < -0.4 is 5.32 Å². The third-order valence-corrected chi connectivity index (χ3v) is 4.91. The quantitative estimate of drug-likeness (QED) is 0.561. The van der Waals surface area contributed by atoms with E-state index in [4.69, 9.17) is 16.1 Å². The summed E-state index contributed by atoms with van der Waals surface area (Å²) in [5.41, 5.74) is 0.310. The van der Waals surface area contributed by atoms with Gasteiger partial charge in [-0.3, -0.25) is 4.79 Å². The van der Waals surface area contributed by atoms with Crippen LogP contribution in [0, 0.1) is 0 Å². The van der Waals surface area contributed by atoms with Crippen molar-refractivity contribution in [3.8, 4) is 11.4 Å². The highest BCUT2D eigenvalue weighted by molar-refractivity contribution is 7.99. The van der Waals surface area contributed by atoms with Crippen LogP contribution in [0.15, 0.2) is 53.1 Å². The van der Waals surface area contributed by atoms with Gasteiger partial charge in [-0.15, -0.1) is 11.8 Å². The minimum Gasteiger partial charge on any atom is -0.351 e. The molecule has 1 N–H and O–H groups in total. The molecule has 0 radical (unpaired) electrons. The number of alkyl halides is 3. The zero-order chi connectivity index (χ0) is 20.9. The summed E-state index contributed by atoms with van der Waals surface area (Å²) in [5.74, 6) is 0.549. The van der Waals surface area contributed by atoms with Crippen molar-refractivity contribution in [1.29, 1.82) is 0 Å². The fraction of sp³-hybridized carbons (Fsp3) is 0.211. The highest BCUT2D eigenvalue weighted by Gasteiger charge is 2.30. The summed E-state index contributed by atoms with van der Waals surface area (Å²) in [6, 6.07) is 11.9. The maximum atomic E-state index is 12.8. The Labute approximate surface area is 173 Å². The molecule has 0 saturated heterocycles. The van der Waals surface area contributed by atoms with Crippen molar-refractivity contribution in [2.45, 2.75) is 18.5 Å². The molecule has 0 aliphatic rings. The third kappa shape index (κ3) is 6.23. The van der Waals surface area contributed by atoms with Gasteiger partial charge in [-0.1, -0.05) is 41.0 Å². The second-order valence-corrected chi connectivity index (χ2v) is 7.41. The number of hydrogen-bond donors (Lipinski definition) is 1. The van der Waals surface area contributed by atoms with E-state index in [1.54, 1.807) is 18.2 Å². The van der Waals surface area contributed by atoms with Crippen molar-refractivity contribution in [2.75, 3.05) is 5.75 Å². The van der Waals surface area contributed by atoms with Crippen LogP contribution in [0.5, 0.6) is 0 Å². The van der Waals surface area contributed by atoms with Gasteiger partial charge in [-0.2, -0.15) is 18.2 Å². The number of thioether (sulfide) groups is 1. The van der Waals surface area contributed by atoms with E-state index in [1.165, 1.54) is 23.9 Å². The summed E-state index contributed by atoms with van der Waals surface area (Å²) >= 11 is 7.15. The van der Waals surface area contributed by atoms with Crippen LogP contribution in [0.25, 0.3) is 11.4 Å². The van der Waals surface area contributed by atoms with Gasteiger partial charge in [-0.25, -0.2) is 0 Å². The number of carbonyl (C=O) groups excluding carboxylic acids is 1. The van der Waals surface area contributed by atoms with Gasteiger partial charge in [-0.05, 0) is 29.8 Å². The Morgan fingerprint density at radius 2 is 1.97 bits per heavy atom. The van der Waals surface area contributed by atoms with Crippen LogP contribution in [0.1, 0.15) is 17.0 Å². The molecule has 0 aliphatic heterocycles. The molecule has 2 aromatic carbocycles. The van der Waals surface area contributed by atoms with E-state index < -0.39 is 11.7 Å². The molecule has 0 bridgehead atoms. The van der Waals surface area contributed by atoms with Crippen LogP contribution >= 0.6 is 23.4 Å². The minimum atomic E-state index is -4.45. The Morgan fingerprint density at radius 1 is 1.17 bits per heavy atom. The van der Waals surface area contributed by atoms with Gasteiger partial charge in [0.25, 0.3) is 0 Å². The molecule has 152 valence electrons. The van der Waals surface area contributed by atoms with Gasteiger partial charge in [0.05, 0.1) is 17.1 Å². The summed E-state index contributed by atoms with van der Waals surface area (Å²) in [6.45, 7) is 0.361. The summed E-state index contributed by atoms with van der Waals surface area (Å²) < 4.78 is 43.5. The van der Waals surface area contributed by atoms with Crippen molar-refractivity contribution in [2.24, 2.45) is 0 Å². The van der Waals surface area contributed by atoms with E-state index >= 15 is 0 Å². The number of nitrogens with zero attached hydrogens (tertiary/aromatic N) is 2. The van der Waals surface area contributed by atoms with Gasteiger partial charge in [0, 0.05) is 17.1 Å². The standard InChI is InChI=1S/C19H15ClF3N3O2S/c20-15-6-1-3-12(7-15)9-24-16(27)10-29-11-17-25-18(26-28-17)13-4-2-5-14(8-13)19(21,22)23/h1-8H,9-11H2,(H,24,27). The Morgan fingerprint density at radius 3 is 2.72 bits per heavy atom. The van der Waals surface area contributed by atoms with Crippen LogP contribution in [-0.2, 0) is 23.3 Å². The zero-order valence-corrected chi connectivity index (χ0v) is 16.4. The first-order valence-corrected chi connectivity index (χ1v) is 9.93. The lowest BCUT2D eigenvalue weighted by Gasteiger charge is -2.06. The van der Waals surface area contributed by atoms with E-state index in [1.807, 2.05) is 6.07 Å². The molecule has 0 fully saturated rings. The summed E-state index contributed by atoms with van der Waals surface area (Å²) in [4.78, 5) is 16.0. The Kier molecular flexibility index (Phi) is 6.81. The summed E-state index contributed by atoms with van der Waals surface area (Å²) in [7, 11) is 0. The number of rotatable bonds is 7. The van der Waals surface area contributed by atoms with E-state index in [-0.39, 0.29) is 34.7 Å². The van der Waals surface area contributed by atoms with Gasteiger partial charge in [0.2, 0.25) is 17.6 Å². The molecule has 0 aliphatic carbocycles. The number of aromatic nitrogens is 2. The highest BCUT2D eigenvalue weighted by Crippen LogP contribution is 2.31. The summed E-state index contributed by atoms with van der Waals surface area (Å²) in [5, 5.41) is 7.08. The molecule has 1 heterocycles. The molecule has 3 rings (SSSR count). The van der Waals surface area contributed by atoms with Crippen LogP contribution in [-0.4, -0.2) is 21.8 Å². The van der Waals surface area contributed by atoms with Gasteiger partial charge in [0.15, 0.2) is 0 Å². The van der Waals surface area contributed by atoms with Crippen LogP contribution in [0.3, 0.4) is 0 Å². The predicted octanol–water partition coefficient (Wildman–Crippen LogP) is 4.96. The Balaban J connectivity index is 1.49. The van der Waals surface area contributed by atoms with E-state index in [0.717, 1.165) is 17.7 Å². The maximum Gasteiger partial charge on any atom is 0.416 e. The van der Waals surface area contributed by atoms with Crippen molar-refractivity contribution in [3.63, 3.8) is 0 Å². The summed E-state index contributed by atoms with van der Waals surface area (Å²) in [6.07, 6.45) is -4.45. The molecule has 5 nitrogen and oxygen atoms in total. The average molecular weight is 442 g/mol. The van der Waals surface area contributed by atoms with Crippen LogP contribution in [0.2, 0.25) is 5.02 Å². The van der Waals surface area contributed by atoms with Crippen LogP contribution in [0.4, 0.5) is 13.2 Å². The Bertz CT molecular complexity index is 995. The van der Waals surface area contributed by atoms with Crippen molar-refractivity contribution < 1.29 is 22.5 Å². The Hall–Kier alpha value is -2.52. The fourth-order valence-electron chi connectivity index (χ4n) is 2.40. The van der Waals surface area contributed by atoms with Gasteiger partial charge < -0.3 is 9.84 Å². The fourth-order valence-corrected chi connectivity index (χ4v) is 3.29. The molecule has 0 unspecified atom stereocenters. The topological polar surface area (TPSA) is 68.0 Å². The molecule has 1 amide bonds. The first-order valence-electron chi connectivity index (χ1n) is 8.40. The van der Waals surface area contributed by atoms with E-state index in [0.29, 0.717) is 11.6 Å². The van der Waals surface area contributed by atoms with Crippen molar-refractivity contribution in [1.82, 2.24) is 15.5 Å².